The zero-order valence-electron chi connectivity index (χ0n) is 8.20. The monoisotopic (exact) mass is 290 g/mol. The van der Waals surface area contributed by atoms with E-state index in [0.29, 0.717) is 11.1 Å². The Balaban J connectivity index is 2.24. The van der Waals surface area contributed by atoms with Gasteiger partial charge in [0, 0.05) is 18.1 Å². The number of hydrogen-bond donors (Lipinski definition) is 0. The molecule has 0 N–H and O–H groups in total. The molecule has 1 aliphatic heterocycles. The molecular weight excluding hydrogens is 279 g/mol. The Labute approximate surface area is 103 Å². The SMILES string of the molecule is Clc1cccnc1N1CCOCC1CBr. The Morgan fingerprint density at radius 2 is 2.53 bits per heavy atom. The Morgan fingerprint density at radius 3 is 3.27 bits per heavy atom. The second kappa shape index (κ2) is 5.14. The topological polar surface area (TPSA) is 25.4 Å². The number of ether oxygens (including phenoxy) is 1. The van der Waals surface area contributed by atoms with Crippen LogP contribution in [0.4, 0.5) is 5.82 Å². The number of anilines is 1. The molecule has 1 aliphatic rings. The smallest absolute Gasteiger partial charge is 0.147 e. The van der Waals surface area contributed by atoms with Crippen LogP contribution in [0.5, 0.6) is 0 Å². The number of aromatic nitrogens is 1. The third-order valence-corrected chi connectivity index (χ3v) is 3.46. The van der Waals surface area contributed by atoms with E-state index in [2.05, 4.69) is 25.8 Å². The highest BCUT2D eigenvalue weighted by Crippen LogP contribution is 2.25. The number of halogens is 2. The minimum Gasteiger partial charge on any atom is -0.377 e. The first kappa shape index (κ1) is 11.2. The van der Waals surface area contributed by atoms with Gasteiger partial charge >= 0.3 is 0 Å². The average molecular weight is 292 g/mol. The summed E-state index contributed by atoms with van der Waals surface area (Å²) in [5, 5.41) is 1.56. The van der Waals surface area contributed by atoms with Crippen LogP contribution in [0.2, 0.25) is 5.02 Å². The molecule has 1 fully saturated rings. The van der Waals surface area contributed by atoms with E-state index in [1.165, 1.54) is 0 Å². The van der Waals surface area contributed by atoms with E-state index in [1.807, 2.05) is 12.1 Å². The fraction of sp³-hybridized carbons (Fsp3) is 0.500. The lowest BCUT2D eigenvalue weighted by Gasteiger charge is -2.35. The van der Waals surface area contributed by atoms with Crippen LogP contribution < -0.4 is 4.90 Å². The summed E-state index contributed by atoms with van der Waals surface area (Å²) in [6, 6.07) is 4.02. The number of rotatable bonds is 2. The summed E-state index contributed by atoms with van der Waals surface area (Å²) in [5.41, 5.74) is 0. The molecule has 82 valence electrons. The highest BCUT2D eigenvalue weighted by atomic mass is 79.9. The van der Waals surface area contributed by atoms with Gasteiger partial charge in [0.2, 0.25) is 0 Å². The van der Waals surface area contributed by atoms with Crippen LogP contribution in [0.15, 0.2) is 18.3 Å². The fourth-order valence-electron chi connectivity index (χ4n) is 1.65. The van der Waals surface area contributed by atoms with Gasteiger partial charge in [-0.2, -0.15) is 0 Å². The summed E-state index contributed by atoms with van der Waals surface area (Å²) >= 11 is 9.60. The zero-order chi connectivity index (χ0) is 10.7. The molecule has 0 radical (unpaired) electrons. The van der Waals surface area contributed by atoms with Gasteiger partial charge in [0.15, 0.2) is 0 Å². The van der Waals surface area contributed by atoms with E-state index in [0.717, 1.165) is 30.9 Å². The summed E-state index contributed by atoms with van der Waals surface area (Å²) < 4.78 is 5.42. The van der Waals surface area contributed by atoms with Gasteiger partial charge in [-0.05, 0) is 12.1 Å². The van der Waals surface area contributed by atoms with Crippen molar-refractivity contribution in [2.75, 3.05) is 30.0 Å². The van der Waals surface area contributed by atoms with Crippen LogP contribution in [0.25, 0.3) is 0 Å². The van der Waals surface area contributed by atoms with Crippen LogP contribution in [0.1, 0.15) is 0 Å². The third kappa shape index (κ3) is 2.44. The third-order valence-electron chi connectivity index (χ3n) is 2.42. The molecule has 1 aromatic rings. The molecule has 5 heteroatoms. The van der Waals surface area contributed by atoms with Crippen molar-refractivity contribution in [2.45, 2.75) is 6.04 Å². The molecule has 0 aliphatic carbocycles. The van der Waals surface area contributed by atoms with Gasteiger partial charge in [-0.25, -0.2) is 4.98 Å². The first-order valence-electron chi connectivity index (χ1n) is 4.84. The number of morpholine rings is 1. The van der Waals surface area contributed by atoms with E-state index >= 15 is 0 Å². The normalized spacial score (nSPS) is 21.7. The molecule has 0 bridgehead atoms. The molecule has 1 saturated heterocycles. The molecule has 3 nitrogen and oxygen atoms in total. The van der Waals surface area contributed by atoms with Crippen LogP contribution in [-0.2, 0) is 4.74 Å². The van der Waals surface area contributed by atoms with Gasteiger partial charge in [-0.1, -0.05) is 27.5 Å². The summed E-state index contributed by atoms with van der Waals surface area (Å²) in [6.45, 7) is 2.29. The highest BCUT2D eigenvalue weighted by Gasteiger charge is 2.24. The summed E-state index contributed by atoms with van der Waals surface area (Å²) in [4.78, 5) is 6.51. The number of hydrogen-bond acceptors (Lipinski definition) is 3. The molecule has 1 unspecified atom stereocenters. The maximum atomic E-state index is 6.12. The molecule has 0 saturated carbocycles. The predicted molar refractivity (Wildman–Crippen MR) is 65.0 cm³/mol. The summed E-state index contributed by atoms with van der Waals surface area (Å²) in [6.07, 6.45) is 1.77. The van der Waals surface area contributed by atoms with Crippen molar-refractivity contribution in [1.29, 1.82) is 0 Å². The molecule has 0 aromatic carbocycles. The van der Waals surface area contributed by atoms with E-state index in [4.69, 9.17) is 16.3 Å². The van der Waals surface area contributed by atoms with Gasteiger partial charge < -0.3 is 9.64 Å². The van der Waals surface area contributed by atoms with Crippen LogP contribution >= 0.6 is 27.5 Å². The van der Waals surface area contributed by atoms with Crippen molar-refractivity contribution >= 4 is 33.3 Å². The first-order valence-corrected chi connectivity index (χ1v) is 6.33. The summed E-state index contributed by atoms with van der Waals surface area (Å²) in [7, 11) is 0. The molecule has 2 heterocycles. The van der Waals surface area contributed by atoms with Gasteiger partial charge in [0.25, 0.3) is 0 Å². The molecular formula is C10H12BrClN2O. The van der Waals surface area contributed by atoms with Gasteiger partial charge in [-0.3, -0.25) is 0 Å². The number of nitrogens with zero attached hydrogens (tertiary/aromatic N) is 2. The predicted octanol–water partition coefficient (Wildman–Crippen LogP) is 2.34. The van der Waals surface area contributed by atoms with Crippen molar-refractivity contribution in [3.8, 4) is 0 Å². The second-order valence-corrected chi connectivity index (χ2v) is 4.44. The van der Waals surface area contributed by atoms with Crippen LogP contribution in [0, 0.1) is 0 Å². The van der Waals surface area contributed by atoms with Gasteiger partial charge in [-0.15, -0.1) is 0 Å². The standard InChI is InChI=1S/C10H12BrClN2O/c11-6-8-7-15-5-4-14(8)10-9(12)2-1-3-13-10/h1-3,8H,4-7H2. The molecule has 1 aromatic heterocycles. The lowest BCUT2D eigenvalue weighted by molar-refractivity contribution is 0.100. The molecule has 15 heavy (non-hydrogen) atoms. The summed E-state index contributed by atoms with van der Waals surface area (Å²) in [5.74, 6) is 0.854. The van der Waals surface area contributed by atoms with Crippen molar-refractivity contribution in [3.05, 3.63) is 23.4 Å². The molecule has 2 rings (SSSR count). The van der Waals surface area contributed by atoms with Gasteiger partial charge in [0.1, 0.15) is 5.82 Å². The number of pyridine rings is 1. The molecule has 0 spiro atoms. The average Bonchev–Trinajstić information content (AvgIpc) is 2.30. The Hall–Kier alpha value is -0.320. The minimum absolute atomic E-state index is 0.311. The van der Waals surface area contributed by atoms with E-state index in [-0.39, 0.29) is 0 Å². The van der Waals surface area contributed by atoms with Crippen molar-refractivity contribution < 1.29 is 4.74 Å². The van der Waals surface area contributed by atoms with E-state index in [1.54, 1.807) is 6.20 Å². The maximum Gasteiger partial charge on any atom is 0.147 e. The van der Waals surface area contributed by atoms with E-state index in [9.17, 15) is 0 Å². The van der Waals surface area contributed by atoms with Crippen molar-refractivity contribution in [2.24, 2.45) is 0 Å². The second-order valence-electron chi connectivity index (χ2n) is 3.39. The zero-order valence-corrected chi connectivity index (χ0v) is 10.5. The molecule has 1 atom stereocenters. The maximum absolute atomic E-state index is 6.12. The number of alkyl halides is 1. The quantitative estimate of drug-likeness (QED) is 0.782. The van der Waals surface area contributed by atoms with Crippen molar-refractivity contribution in [1.82, 2.24) is 4.98 Å². The largest absolute Gasteiger partial charge is 0.377 e. The van der Waals surface area contributed by atoms with E-state index < -0.39 is 0 Å². The first-order chi connectivity index (χ1) is 7.33. The fourth-order valence-corrected chi connectivity index (χ4v) is 2.42. The Kier molecular flexibility index (Phi) is 3.83. The van der Waals surface area contributed by atoms with Crippen LogP contribution in [0.3, 0.4) is 0 Å². The molecule has 0 amide bonds. The highest BCUT2D eigenvalue weighted by molar-refractivity contribution is 9.09. The van der Waals surface area contributed by atoms with Crippen LogP contribution in [-0.4, -0.2) is 36.1 Å². The van der Waals surface area contributed by atoms with Gasteiger partial charge in [0.05, 0.1) is 24.3 Å². The lowest BCUT2D eigenvalue weighted by Crippen LogP contribution is -2.47. The lowest BCUT2D eigenvalue weighted by atomic mass is 10.2. The minimum atomic E-state index is 0.311. The Bertz CT molecular complexity index is 337. The Morgan fingerprint density at radius 1 is 1.67 bits per heavy atom. The van der Waals surface area contributed by atoms with Crippen molar-refractivity contribution in [3.63, 3.8) is 0 Å².